The molecule has 0 atom stereocenters. The van der Waals surface area contributed by atoms with Crippen molar-refractivity contribution in [3.63, 3.8) is 0 Å². The highest BCUT2D eigenvalue weighted by molar-refractivity contribution is 5.78. The number of ether oxygens (including phenoxy) is 1. The number of carbonyl (C=O) groups is 1. The van der Waals surface area contributed by atoms with Crippen LogP contribution >= 0.6 is 0 Å². The normalized spacial score (nSPS) is 17.4. The van der Waals surface area contributed by atoms with E-state index in [1.54, 1.807) is 17.0 Å². The maximum absolute atomic E-state index is 13.7. The molecule has 1 aromatic carbocycles. The minimum absolute atomic E-state index is 0.261. The minimum atomic E-state index is -0.582. The third-order valence-corrected chi connectivity index (χ3v) is 4.92. The Balaban J connectivity index is 1.76. The van der Waals surface area contributed by atoms with E-state index in [1.807, 2.05) is 25.5 Å². The van der Waals surface area contributed by atoms with Crippen LogP contribution in [0.1, 0.15) is 39.3 Å². The molecule has 0 saturated heterocycles. The van der Waals surface area contributed by atoms with Crippen molar-refractivity contribution in [2.45, 2.75) is 51.3 Å². The molecule has 1 saturated carbocycles. The molecule has 4 rings (SSSR count). The standard InChI is InChI=1S/C20H21FN4O2/c1-19(2,3)27-18(26)24-11-15-17(22-4)16(13-6-5-7-14(21)10-13)23-25(15)20(12-24)8-9-20/h5-7,10H,8-9,11-12H2,1-3H3. The summed E-state index contributed by atoms with van der Waals surface area (Å²) in [7, 11) is 0. The van der Waals surface area contributed by atoms with Gasteiger partial charge in [0.05, 0.1) is 30.0 Å². The molecule has 1 fully saturated rings. The number of rotatable bonds is 1. The van der Waals surface area contributed by atoms with Gasteiger partial charge in [-0.25, -0.2) is 14.0 Å². The quantitative estimate of drug-likeness (QED) is 0.698. The van der Waals surface area contributed by atoms with Crippen LogP contribution in [0.15, 0.2) is 24.3 Å². The van der Waals surface area contributed by atoms with Gasteiger partial charge in [-0.05, 0) is 51.3 Å². The molecule has 1 spiro atoms. The number of halogens is 1. The fourth-order valence-electron chi connectivity index (χ4n) is 3.56. The summed E-state index contributed by atoms with van der Waals surface area (Å²) in [6.07, 6.45) is 1.40. The Hall–Kier alpha value is -2.88. The van der Waals surface area contributed by atoms with Gasteiger partial charge in [0.15, 0.2) is 0 Å². The van der Waals surface area contributed by atoms with Gasteiger partial charge in [0.2, 0.25) is 5.69 Å². The Kier molecular flexibility index (Phi) is 3.77. The highest BCUT2D eigenvalue weighted by Gasteiger charge is 2.52. The van der Waals surface area contributed by atoms with Crippen LogP contribution in [0.25, 0.3) is 16.1 Å². The lowest BCUT2D eigenvalue weighted by molar-refractivity contribution is 0.0143. The Bertz CT molecular complexity index is 963. The molecule has 2 aromatic rings. The van der Waals surface area contributed by atoms with Crippen molar-refractivity contribution in [3.05, 3.63) is 47.2 Å². The number of fused-ring (bicyclic) bond motifs is 2. The van der Waals surface area contributed by atoms with Gasteiger partial charge in [0, 0.05) is 6.54 Å². The smallest absolute Gasteiger partial charge is 0.410 e. The van der Waals surface area contributed by atoms with Crippen molar-refractivity contribution in [2.75, 3.05) is 6.54 Å². The summed E-state index contributed by atoms with van der Waals surface area (Å²) < 4.78 is 21.1. The van der Waals surface area contributed by atoms with Crippen LogP contribution in [0.3, 0.4) is 0 Å². The molecule has 0 radical (unpaired) electrons. The number of nitrogens with zero attached hydrogens (tertiary/aromatic N) is 4. The molecule has 0 N–H and O–H groups in total. The summed E-state index contributed by atoms with van der Waals surface area (Å²) in [6, 6.07) is 6.10. The van der Waals surface area contributed by atoms with Gasteiger partial charge >= 0.3 is 6.09 Å². The Labute approximate surface area is 157 Å². The third-order valence-electron chi connectivity index (χ3n) is 4.92. The van der Waals surface area contributed by atoms with E-state index in [1.165, 1.54) is 12.1 Å². The Morgan fingerprint density at radius 3 is 2.70 bits per heavy atom. The van der Waals surface area contributed by atoms with Gasteiger partial charge in [-0.3, -0.25) is 4.68 Å². The van der Waals surface area contributed by atoms with E-state index in [0.717, 1.165) is 12.8 Å². The zero-order chi connectivity index (χ0) is 19.4. The van der Waals surface area contributed by atoms with Crippen molar-refractivity contribution in [2.24, 2.45) is 0 Å². The van der Waals surface area contributed by atoms with Crippen molar-refractivity contribution in [1.82, 2.24) is 14.7 Å². The van der Waals surface area contributed by atoms with Crippen LogP contribution in [-0.4, -0.2) is 32.9 Å². The lowest BCUT2D eigenvalue weighted by Crippen LogP contribution is -2.47. The average Bonchev–Trinajstić information content (AvgIpc) is 3.23. The molecule has 1 aromatic heterocycles. The molecule has 7 heteroatoms. The average molecular weight is 368 g/mol. The maximum Gasteiger partial charge on any atom is 0.410 e. The first-order chi connectivity index (χ1) is 12.7. The molecule has 2 aliphatic rings. The zero-order valence-electron chi connectivity index (χ0n) is 15.6. The van der Waals surface area contributed by atoms with Crippen LogP contribution in [-0.2, 0) is 16.8 Å². The van der Waals surface area contributed by atoms with Gasteiger partial charge in [0.1, 0.15) is 11.4 Å². The maximum atomic E-state index is 13.7. The largest absolute Gasteiger partial charge is 0.444 e. The zero-order valence-corrected chi connectivity index (χ0v) is 15.6. The van der Waals surface area contributed by atoms with Gasteiger partial charge in [0.25, 0.3) is 0 Å². The molecule has 2 heterocycles. The topological polar surface area (TPSA) is 51.7 Å². The second-order valence-electron chi connectivity index (χ2n) is 8.24. The van der Waals surface area contributed by atoms with Crippen molar-refractivity contribution < 1.29 is 13.9 Å². The fraction of sp³-hybridized carbons (Fsp3) is 0.450. The molecule has 1 aliphatic heterocycles. The summed E-state index contributed by atoms with van der Waals surface area (Å²) in [5.74, 6) is -0.370. The van der Waals surface area contributed by atoms with E-state index in [9.17, 15) is 9.18 Å². The van der Waals surface area contributed by atoms with E-state index in [0.29, 0.717) is 29.2 Å². The Morgan fingerprint density at radius 1 is 1.37 bits per heavy atom. The first-order valence-corrected chi connectivity index (χ1v) is 8.96. The second-order valence-corrected chi connectivity index (χ2v) is 8.24. The number of benzene rings is 1. The fourth-order valence-corrected chi connectivity index (χ4v) is 3.56. The number of hydrogen-bond donors (Lipinski definition) is 0. The van der Waals surface area contributed by atoms with Gasteiger partial charge in [-0.2, -0.15) is 5.10 Å². The summed E-state index contributed by atoms with van der Waals surface area (Å²) >= 11 is 0. The predicted molar refractivity (Wildman–Crippen MR) is 97.7 cm³/mol. The molecule has 27 heavy (non-hydrogen) atoms. The van der Waals surface area contributed by atoms with Crippen molar-refractivity contribution in [3.8, 4) is 11.3 Å². The third kappa shape index (κ3) is 3.05. The summed E-state index contributed by atoms with van der Waals surface area (Å²) in [4.78, 5) is 17.9. The van der Waals surface area contributed by atoms with Crippen LogP contribution in [0, 0.1) is 12.4 Å². The molecule has 140 valence electrons. The van der Waals surface area contributed by atoms with Gasteiger partial charge < -0.3 is 9.64 Å². The first kappa shape index (κ1) is 17.5. The van der Waals surface area contributed by atoms with E-state index < -0.39 is 5.60 Å². The van der Waals surface area contributed by atoms with E-state index in [4.69, 9.17) is 11.3 Å². The van der Waals surface area contributed by atoms with E-state index in [2.05, 4.69) is 9.94 Å². The van der Waals surface area contributed by atoms with Crippen molar-refractivity contribution >= 4 is 11.8 Å². The van der Waals surface area contributed by atoms with Crippen molar-refractivity contribution in [1.29, 1.82) is 0 Å². The minimum Gasteiger partial charge on any atom is -0.444 e. The summed E-state index contributed by atoms with van der Waals surface area (Å²) in [6.45, 7) is 13.9. The van der Waals surface area contributed by atoms with Crippen LogP contribution in [0.4, 0.5) is 14.9 Å². The van der Waals surface area contributed by atoms with Crippen LogP contribution in [0.5, 0.6) is 0 Å². The Morgan fingerprint density at radius 2 is 2.11 bits per heavy atom. The molecular formula is C20H21FN4O2. The van der Waals surface area contributed by atoms with E-state index >= 15 is 0 Å². The number of hydrogen-bond acceptors (Lipinski definition) is 3. The molecular weight excluding hydrogens is 347 g/mol. The highest BCUT2D eigenvalue weighted by Crippen LogP contribution is 2.50. The van der Waals surface area contributed by atoms with Gasteiger partial charge in [-0.15, -0.1) is 0 Å². The first-order valence-electron chi connectivity index (χ1n) is 8.96. The monoisotopic (exact) mass is 368 g/mol. The SMILES string of the molecule is [C-]#[N+]c1c(-c2cccc(F)c2)nn2c1CN(C(=O)OC(C)(C)C)CC21CC1. The highest BCUT2D eigenvalue weighted by atomic mass is 19.1. The number of carbonyl (C=O) groups excluding carboxylic acids is 1. The molecule has 1 amide bonds. The molecule has 6 nitrogen and oxygen atoms in total. The molecule has 0 unspecified atom stereocenters. The molecule has 1 aliphatic carbocycles. The lowest BCUT2D eigenvalue weighted by Gasteiger charge is -2.35. The number of amides is 1. The molecule has 0 bridgehead atoms. The summed E-state index contributed by atoms with van der Waals surface area (Å²) in [5.41, 5.74) is 1.24. The summed E-state index contributed by atoms with van der Waals surface area (Å²) in [5, 5.41) is 4.67. The lowest BCUT2D eigenvalue weighted by atomic mass is 10.1. The number of aromatic nitrogens is 2. The van der Waals surface area contributed by atoms with Gasteiger partial charge in [-0.1, -0.05) is 12.1 Å². The predicted octanol–water partition coefficient (Wildman–Crippen LogP) is 4.48. The van der Waals surface area contributed by atoms with Crippen LogP contribution < -0.4 is 0 Å². The van der Waals surface area contributed by atoms with E-state index in [-0.39, 0.29) is 24.0 Å². The van der Waals surface area contributed by atoms with Crippen LogP contribution in [0.2, 0.25) is 0 Å². The second kappa shape index (κ2) is 5.81.